The minimum Gasteiger partial charge on any atom is -0.314 e. The highest BCUT2D eigenvalue weighted by molar-refractivity contribution is 9.10. The lowest BCUT2D eigenvalue weighted by Gasteiger charge is -2.34. The monoisotopic (exact) mass is 421 g/mol. The van der Waals surface area contributed by atoms with E-state index in [1.165, 1.54) is 18.2 Å². The van der Waals surface area contributed by atoms with E-state index in [0.717, 1.165) is 0 Å². The maximum atomic E-state index is 13.4. The van der Waals surface area contributed by atoms with Crippen LogP contribution in [-0.2, 0) is 0 Å². The Morgan fingerprint density at radius 1 is 1.27 bits per heavy atom. The van der Waals surface area contributed by atoms with E-state index >= 15 is 0 Å². The van der Waals surface area contributed by atoms with E-state index in [2.05, 4.69) is 21.2 Å². The Bertz CT molecular complexity index is 505. The van der Waals surface area contributed by atoms with Crippen LogP contribution in [0.2, 0.25) is 0 Å². The van der Waals surface area contributed by atoms with Gasteiger partial charge in [-0.2, -0.15) is 0 Å². The van der Waals surface area contributed by atoms with Crippen molar-refractivity contribution in [1.82, 2.24) is 10.2 Å². The third kappa shape index (κ3) is 4.99. The van der Waals surface area contributed by atoms with Gasteiger partial charge in [-0.05, 0) is 27.6 Å². The average molecular weight is 423 g/mol. The molecule has 1 heterocycles. The van der Waals surface area contributed by atoms with Crippen molar-refractivity contribution in [2.24, 2.45) is 0 Å². The van der Waals surface area contributed by atoms with Crippen LogP contribution in [-0.4, -0.2) is 42.4 Å². The number of nitro groups is 1. The molecule has 0 bridgehead atoms. The van der Waals surface area contributed by atoms with Crippen LogP contribution in [0, 0.1) is 10.1 Å². The highest BCUT2D eigenvalue weighted by Crippen LogP contribution is 2.33. The van der Waals surface area contributed by atoms with Crippen molar-refractivity contribution in [3.8, 4) is 0 Å². The van der Waals surface area contributed by atoms with Gasteiger partial charge in [0.25, 0.3) is 12.1 Å². The molecule has 126 valence electrons. The second kappa shape index (κ2) is 9.57. The van der Waals surface area contributed by atoms with Crippen molar-refractivity contribution >= 4 is 46.4 Å². The second-order valence-electron chi connectivity index (χ2n) is 4.53. The number of piperazine rings is 1. The standard InChI is InChI=1S/C12H14BrF2N3O2.2ClH/c13-9-2-1-8(7-10(9)18(19)20)11(12(14)15)17-5-3-16-4-6-17;;/h1-2,7,11-12,16H,3-6H2;2*1H/t11-;;/m0../s1. The summed E-state index contributed by atoms with van der Waals surface area (Å²) >= 11 is 3.06. The molecule has 0 unspecified atom stereocenters. The molecular formula is C12H16BrCl2F2N3O2. The van der Waals surface area contributed by atoms with Gasteiger partial charge in [0.15, 0.2) is 0 Å². The smallest absolute Gasteiger partial charge is 0.283 e. The summed E-state index contributed by atoms with van der Waals surface area (Å²) in [7, 11) is 0. The van der Waals surface area contributed by atoms with Crippen molar-refractivity contribution < 1.29 is 13.7 Å². The summed E-state index contributed by atoms with van der Waals surface area (Å²) in [5.74, 6) is 0. The molecule has 22 heavy (non-hydrogen) atoms. The second-order valence-corrected chi connectivity index (χ2v) is 5.39. The normalized spacial score (nSPS) is 16.5. The van der Waals surface area contributed by atoms with Crippen LogP contribution >= 0.6 is 40.7 Å². The number of hydrogen-bond acceptors (Lipinski definition) is 4. The maximum Gasteiger partial charge on any atom is 0.283 e. The van der Waals surface area contributed by atoms with E-state index in [-0.39, 0.29) is 36.1 Å². The van der Waals surface area contributed by atoms with Gasteiger partial charge in [-0.3, -0.25) is 15.0 Å². The van der Waals surface area contributed by atoms with Gasteiger partial charge >= 0.3 is 0 Å². The molecule has 0 radical (unpaired) electrons. The van der Waals surface area contributed by atoms with Crippen LogP contribution in [0.25, 0.3) is 0 Å². The molecule has 2 rings (SSSR count). The predicted octanol–water partition coefficient (Wildman–Crippen LogP) is 3.41. The number of halogens is 5. The number of hydrogen-bond donors (Lipinski definition) is 1. The van der Waals surface area contributed by atoms with Crippen molar-refractivity contribution in [2.45, 2.75) is 12.5 Å². The molecule has 0 amide bonds. The van der Waals surface area contributed by atoms with Crippen molar-refractivity contribution in [2.75, 3.05) is 26.2 Å². The fraction of sp³-hybridized carbons (Fsp3) is 0.500. The molecule has 1 aromatic carbocycles. The van der Waals surface area contributed by atoms with E-state index in [1.807, 2.05) is 0 Å². The van der Waals surface area contributed by atoms with Gasteiger partial charge in [-0.15, -0.1) is 24.8 Å². The molecule has 1 fully saturated rings. The predicted molar refractivity (Wildman–Crippen MR) is 88.5 cm³/mol. The SMILES string of the molecule is Cl.Cl.O=[N+]([O-])c1cc([C@@H](C(F)F)N2CCNCC2)ccc1Br. The number of rotatable bonds is 4. The molecule has 1 aliphatic heterocycles. The van der Waals surface area contributed by atoms with E-state index in [1.54, 1.807) is 4.90 Å². The molecule has 10 heteroatoms. The molecule has 0 spiro atoms. The van der Waals surface area contributed by atoms with Crippen LogP contribution in [0.5, 0.6) is 0 Å². The number of nitrogens with zero attached hydrogens (tertiary/aromatic N) is 2. The van der Waals surface area contributed by atoms with Gasteiger partial charge in [0, 0.05) is 32.2 Å². The van der Waals surface area contributed by atoms with Crippen LogP contribution < -0.4 is 5.32 Å². The van der Waals surface area contributed by atoms with Crippen LogP contribution in [0.4, 0.5) is 14.5 Å². The van der Waals surface area contributed by atoms with Crippen LogP contribution in [0.3, 0.4) is 0 Å². The Balaban J connectivity index is 0.00000220. The van der Waals surface area contributed by atoms with E-state index in [9.17, 15) is 18.9 Å². The molecule has 0 saturated carbocycles. The Morgan fingerprint density at radius 2 is 1.86 bits per heavy atom. The molecule has 1 aromatic rings. The summed E-state index contributed by atoms with van der Waals surface area (Å²) in [6, 6.07) is 3.08. The van der Waals surface area contributed by atoms with Crippen molar-refractivity contribution in [3.05, 3.63) is 38.3 Å². The van der Waals surface area contributed by atoms with Gasteiger partial charge in [0.05, 0.1) is 15.4 Å². The number of benzene rings is 1. The Morgan fingerprint density at radius 3 is 2.36 bits per heavy atom. The first-order valence-corrected chi connectivity index (χ1v) is 6.96. The zero-order chi connectivity index (χ0) is 14.7. The summed E-state index contributed by atoms with van der Waals surface area (Å²) in [5, 5.41) is 14.0. The van der Waals surface area contributed by atoms with E-state index in [4.69, 9.17) is 0 Å². The molecular weight excluding hydrogens is 407 g/mol. The molecule has 1 aliphatic rings. The van der Waals surface area contributed by atoms with Gasteiger partial charge in [-0.1, -0.05) is 6.07 Å². The summed E-state index contributed by atoms with van der Waals surface area (Å²) in [6.07, 6.45) is -2.59. The summed E-state index contributed by atoms with van der Waals surface area (Å²) in [4.78, 5) is 12.0. The fourth-order valence-electron chi connectivity index (χ4n) is 2.33. The zero-order valence-corrected chi connectivity index (χ0v) is 14.6. The minimum absolute atomic E-state index is 0. The number of alkyl halides is 2. The van der Waals surface area contributed by atoms with Gasteiger partial charge in [0.2, 0.25) is 0 Å². The van der Waals surface area contributed by atoms with Crippen molar-refractivity contribution in [3.63, 3.8) is 0 Å². The Kier molecular flexibility index (Phi) is 9.33. The lowest BCUT2D eigenvalue weighted by atomic mass is 10.0. The Hall–Kier alpha value is -0.540. The molecule has 0 aromatic heterocycles. The number of nitrogens with one attached hydrogen (secondary N) is 1. The van der Waals surface area contributed by atoms with E-state index in [0.29, 0.717) is 30.7 Å². The highest BCUT2D eigenvalue weighted by atomic mass is 79.9. The third-order valence-electron chi connectivity index (χ3n) is 3.29. The maximum absolute atomic E-state index is 13.4. The first-order chi connectivity index (χ1) is 9.50. The lowest BCUT2D eigenvalue weighted by Crippen LogP contribution is -2.46. The molecule has 1 atom stereocenters. The van der Waals surface area contributed by atoms with Gasteiger partial charge < -0.3 is 5.32 Å². The van der Waals surface area contributed by atoms with Crippen LogP contribution in [0.1, 0.15) is 11.6 Å². The first kappa shape index (κ1) is 21.5. The van der Waals surface area contributed by atoms with Crippen molar-refractivity contribution in [1.29, 1.82) is 0 Å². The van der Waals surface area contributed by atoms with Gasteiger partial charge in [-0.25, -0.2) is 8.78 Å². The summed E-state index contributed by atoms with van der Waals surface area (Å²) in [5.41, 5.74) is 0.0834. The topological polar surface area (TPSA) is 58.4 Å². The Labute approximate surface area is 147 Å². The molecule has 1 saturated heterocycles. The largest absolute Gasteiger partial charge is 0.314 e. The third-order valence-corrected chi connectivity index (χ3v) is 3.96. The van der Waals surface area contributed by atoms with Crippen LogP contribution in [0.15, 0.2) is 22.7 Å². The first-order valence-electron chi connectivity index (χ1n) is 6.17. The number of nitro benzene ring substituents is 1. The minimum atomic E-state index is -2.59. The molecule has 0 aliphatic carbocycles. The average Bonchev–Trinajstić information content (AvgIpc) is 2.41. The quantitative estimate of drug-likeness (QED) is 0.596. The van der Waals surface area contributed by atoms with E-state index < -0.39 is 17.4 Å². The fourth-order valence-corrected chi connectivity index (χ4v) is 2.72. The van der Waals surface area contributed by atoms with Gasteiger partial charge in [0.1, 0.15) is 0 Å². The zero-order valence-electron chi connectivity index (χ0n) is 11.4. The highest BCUT2D eigenvalue weighted by Gasteiger charge is 2.31. The molecule has 5 nitrogen and oxygen atoms in total. The summed E-state index contributed by atoms with van der Waals surface area (Å²) in [6.45, 7) is 2.28. The lowest BCUT2D eigenvalue weighted by molar-refractivity contribution is -0.385. The molecule has 1 N–H and O–H groups in total. The summed E-state index contributed by atoms with van der Waals surface area (Å²) < 4.78 is 27.0.